The lowest BCUT2D eigenvalue weighted by Crippen LogP contribution is -2.32. The smallest absolute Gasteiger partial charge is 0.328 e. The van der Waals surface area contributed by atoms with E-state index in [4.69, 9.17) is 27.9 Å². The normalized spacial score (nSPS) is 12.3. The number of carbonyl (C=O) groups is 1. The lowest BCUT2D eigenvalue weighted by molar-refractivity contribution is -0.141. The number of esters is 1. The highest BCUT2D eigenvalue weighted by molar-refractivity contribution is 6.31. The fourth-order valence-electron chi connectivity index (χ4n) is 1.37. The number of halogens is 2. The molecule has 1 N–H and O–H groups in total. The van der Waals surface area contributed by atoms with Crippen molar-refractivity contribution < 1.29 is 9.53 Å². The molecule has 1 unspecified atom stereocenters. The molecule has 0 aliphatic carbocycles. The van der Waals surface area contributed by atoms with Crippen LogP contribution in [0.4, 0.5) is 5.95 Å². The molecule has 0 bridgehead atoms. The van der Waals surface area contributed by atoms with E-state index >= 15 is 0 Å². The monoisotopic (exact) mass is 292 g/mol. The van der Waals surface area contributed by atoms with Crippen LogP contribution in [0, 0.1) is 5.92 Å². The first-order chi connectivity index (χ1) is 8.42. The number of nitrogens with zero attached hydrogens (tertiary/aromatic N) is 3. The van der Waals surface area contributed by atoms with Crippen molar-refractivity contribution >= 4 is 35.1 Å². The zero-order valence-electron chi connectivity index (χ0n) is 10.3. The van der Waals surface area contributed by atoms with Gasteiger partial charge >= 0.3 is 5.97 Å². The number of rotatable bonds is 5. The minimum absolute atomic E-state index is 0.0364. The van der Waals surface area contributed by atoms with Crippen molar-refractivity contribution in [1.82, 2.24) is 15.0 Å². The van der Waals surface area contributed by atoms with Gasteiger partial charge in [0.05, 0.1) is 7.11 Å². The lowest BCUT2D eigenvalue weighted by atomic mass is 10.0. The molecule has 100 valence electrons. The number of anilines is 1. The SMILES string of the molecule is COC(=O)C(CC(C)C)Nc1nc(Cl)nc(Cl)n1. The number of hydrogen-bond acceptors (Lipinski definition) is 6. The van der Waals surface area contributed by atoms with Crippen LogP contribution in [-0.4, -0.2) is 34.1 Å². The summed E-state index contributed by atoms with van der Waals surface area (Å²) in [7, 11) is 1.32. The maximum atomic E-state index is 11.6. The first kappa shape index (κ1) is 14.9. The van der Waals surface area contributed by atoms with Crippen LogP contribution < -0.4 is 5.32 Å². The third-order valence-corrected chi connectivity index (χ3v) is 2.42. The van der Waals surface area contributed by atoms with Gasteiger partial charge in [0.1, 0.15) is 6.04 Å². The van der Waals surface area contributed by atoms with E-state index in [0.717, 1.165) is 0 Å². The Morgan fingerprint density at radius 2 is 1.83 bits per heavy atom. The minimum atomic E-state index is -0.551. The second-order valence-electron chi connectivity index (χ2n) is 4.05. The fourth-order valence-corrected chi connectivity index (χ4v) is 1.74. The van der Waals surface area contributed by atoms with Crippen LogP contribution in [0.1, 0.15) is 20.3 Å². The van der Waals surface area contributed by atoms with E-state index in [1.807, 2.05) is 13.8 Å². The summed E-state index contributed by atoms with van der Waals surface area (Å²) in [5.74, 6) is 0.0572. The average Bonchev–Trinajstić information content (AvgIpc) is 2.25. The molecule has 0 amide bonds. The Hall–Kier alpha value is -1.14. The Morgan fingerprint density at radius 3 is 2.28 bits per heavy atom. The Bertz CT molecular complexity index is 408. The van der Waals surface area contributed by atoms with Gasteiger partial charge in [-0.25, -0.2) is 4.79 Å². The molecule has 0 spiro atoms. The average molecular weight is 293 g/mol. The third kappa shape index (κ3) is 4.62. The van der Waals surface area contributed by atoms with Gasteiger partial charge in [-0.2, -0.15) is 15.0 Å². The number of ether oxygens (including phenoxy) is 1. The molecule has 1 heterocycles. The van der Waals surface area contributed by atoms with Crippen LogP contribution in [0.5, 0.6) is 0 Å². The number of methoxy groups -OCH3 is 1. The van der Waals surface area contributed by atoms with Gasteiger partial charge in [0.15, 0.2) is 0 Å². The summed E-state index contributed by atoms with van der Waals surface area (Å²) in [6.45, 7) is 3.98. The fraction of sp³-hybridized carbons (Fsp3) is 0.600. The van der Waals surface area contributed by atoms with Gasteiger partial charge in [0.25, 0.3) is 0 Å². The van der Waals surface area contributed by atoms with Gasteiger partial charge < -0.3 is 10.1 Å². The molecule has 0 radical (unpaired) electrons. The van der Waals surface area contributed by atoms with Crippen molar-refractivity contribution in [2.75, 3.05) is 12.4 Å². The predicted octanol–water partition coefficient (Wildman–Crippen LogP) is 2.18. The predicted molar refractivity (Wildman–Crippen MR) is 68.7 cm³/mol. The first-order valence-corrected chi connectivity index (χ1v) is 6.09. The molecule has 0 aliphatic rings. The van der Waals surface area contributed by atoms with Crippen LogP contribution in [0.25, 0.3) is 0 Å². The summed E-state index contributed by atoms with van der Waals surface area (Å²) in [6, 6.07) is -0.551. The molecule has 0 saturated heterocycles. The van der Waals surface area contributed by atoms with Gasteiger partial charge in [-0.15, -0.1) is 0 Å². The number of carbonyl (C=O) groups excluding carboxylic acids is 1. The summed E-state index contributed by atoms with van der Waals surface area (Å²) >= 11 is 11.3. The van der Waals surface area contributed by atoms with Gasteiger partial charge in [-0.3, -0.25) is 0 Å². The molecular formula is C10H14Cl2N4O2. The van der Waals surface area contributed by atoms with Crippen LogP contribution in [0.2, 0.25) is 10.6 Å². The van der Waals surface area contributed by atoms with Crippen molar-refractivity contribution in [3.63, 3.8) is 0 Å². The van der Waals surface area contributed by atoms with Crippen LogP contribution in [0.15, 0.2) is 0 Å². The van der Waals surface area contributed by atoms with Crippen molar-refractivity contribution in [3.05, 3.63) is 10.6 Å². The van der Waals surface area contributed by atoms with Crippen LogP contribution in [0.3, 0.4) is 0 Å². The van der Waals surface area contributed by atoms with E-state index in [1.165, 1.54) is 7.11 Å². The standard InChI is InChI=1S/C10H14Cl2N4O2/c1-5(2)4-6(7(17)18-3)13-10-15-8(11)14-9(12)16-10/h5-6H,4H2,1-3H3,(H,13,14,15,16). The van der Waals surface area contributed by atoms with Crippen molar-refractivity contribution in [2.24, 2.45) is 5.92 Å². The van der Waals surface area contributed by atoms with E-state index in [0.29, 0.717) is 12.3 Å². The van der Waals surface area contributed by atoms with Gasteiger partial charge in [-0.05, 0) is 35.5 Å². The molecule has 18 heavy (non-hydrogen) atoms. The zero-order chi connectivity index (χ0) is 13.7. The molecule has 0 aliphatic heterocycles. The molecular weight excluding hydrogens is 279 g/mol. The molecule has 8 heteroatoms. The highest BCUT2D eigenvalue weighted by atomic mass is 35.5. The minimum Gasteiger partial charge on any atom is -0.467 e. The Kier molecular flexibility index (Phi) is 5.55. The van der Waals surface area contributed by atoms with Gasteiger partial charge in [-0.1, -0.05) is 13.8 Å². The number of hydrogen-bond donors (Lipinski definition) is 1. The van der Waals surface area contributed by atoms with Gasteiger partial charge in [0, 0.05) is 0 Å². The Morgan fingerprint density at radius 1 is 1.28 bits per heavy atom. The summed E-state index contributed by atoms with van der Waals surface area (Å²) in [4.78, 5) is 22.9. The van der Waals surface area contributed by atoms with E-state index in [2.05, 4.69) is 20.3 Å². The van der Waals surface area contributed by atoms with Crippen molar-refractivity contribution in [1.29, 1.82) is 0 Å². The molecule has 0 saturated carbocycles. The maximum absolute atomic E-state index is 11.6. The molecule has 1 rings (SSSR count). The largest absolute Gasteiger partial charge is 0.467 e. The second-order valence-corrected chi connectivity index (χ2v) is 4.72. The topological polar surface area (TPSA) is 77.0 Å². The Labute approximate surface area is 115 Å². The Balaban J connectivity index is 2.84. The quantitative estimate of drug-likeness (QED) is 0.838. The van der Waals surface area contributed by atoms with Crippen molar-refractivity contribution in [3.8, 4) is 0 Å². The van der Waals surface area contributed by atoms with Crippen LogP contribution >= 0.6 is 23.2 Å². The van der Waals surface area contributed by atoms with E-state index < -0.39 is 12.0 Å². The molecule has 1 aromatic heterocycles. The summed E-state index contributed by atoms with van der Waals surface area (Å²) in [5.41, 5.74) is 0. The number of aromatic nitrogens is 3. The lowest BCUT2D eigenvalue weighted by Gasteiger charge is -2.18. The molecule has 0 fully saturated rings. The molecule has 1 atom stereocenters. The van der Waals surface area contributed by atoms with E-state index in [9.17, 15) is 4.79 Å². The maximum Gasteiger partial charge on any atom is 0.328 e. The molecule has 6 nitrogen and oxygen atoms in total. The first-order valence-electron chi connectivity index (χ1n) is 5.33. The second kappa shape index (κ2) is 6.70. The summed E-state index contributed by atoms with van der Waals surface area (Å²) in [5, 5.41) is 2.76. The summed E-state index contributed by atoms with van der Waals surface area (Å²) in [6.07, 6.45) is 0.577. The van der Waals surface area contributed by atoms with Gasteiger partial charge in [0.2, 0.25) is 16.5 Å². The van der Waals surface area contributed by atoms with Crippen LogP contribution in [-0.2, 0) is 9.53 Å². The highest BCUT2D eigenvalue weighted by Crippen LogP contribution is 2.14. The highest BCUT2D eigenvalue weighted by Gasteiger charge is 2.21. The molecule has 0 aromatic carbocycles. The summed E-state index contributed by atoms with van der Waals surface area (Å²) < 4.78 is 4.71. The molecule has 1 aromatic rings. The van der Waals surface area contributed by atoms with E-state index in [-0.39, 0.29) is 16.5 Å². The zero-order valence-corrected chi connectivity index (χ0v) is 11.8. The number of nitrogens with one attached hydrogen (secondary N) is 1. The van der Waals surface area contributed by atoms with E-state index in [1.54, 1.807) is 0 Å². The van der Waals surface area contributed by atoms with Crippen molar-refractivity contribution in [2.45, 2.75) is 26.3 Å². The third-order valence-electron chi connectivity index (χ3n) is 2.08.